The Morgan fingerprint density at radius 2 is 1.38 bits per heavy atom. The fourth-order valence-electron chi connectivity index (χ4n) is 2.26. The second kappa shape index (κ2) is 8.01. The lowest BCUT2D eigenvalue weighted by molar-refractivity contribution is -0.660. The smallest absolute Gasteiger partial charge is 0.449 e. The van der Waals surface area contributed by atoms with E-state index in [2.05, 4.69) is 9.07 Å². The molecule has 0 spiro atoms. The van der Waals surface area contributed by atoms with Crippen LogP contribution in [-0.4, -0.2) is 31.5 Å². The number of benzene rings is 1. The lowest BCUT2D eigenvalue weighted by atomic mass is 9.94. The Hall–Kier alpha value is -2.02. The molecule has 0 unspecified atom stereocenters. The van der Waals surface area contributed by atoms with Crippen LogP contribution in [0.15, 0.2) is 18.2 Å². The van der Waals surface area contributed by atoms with Crippen molar-refractivity contribution in [3.8, 4) is 5.75 Å². The van der Waals surface area contributed by atoms with Crippen LogP contribution in [0.2, 0.25) is 0 Å². The normalized spacial score (nSPS) is 13.7. The first-order valence-electron chi connectivity index (χ1n) is 8.00. The molecule has 0 saturated heterocycles. The lowest BCUT2D eigenvalue weighted by Gasteiger charge is -2.31. The Bertz CT molecular complexity index is 840. The molecular weight excluding hydrogens is 434 g/mol. The van der Waals surface area contributed by atoms with E-state index < -0.39 is 50.8 Å². The second-order valence-corrected chi connectivity index (χ2v) is 8.24. The van der Waals surface area contributed by atoms with Crippen molar-refractivity contribution in [2.45, 2.75) is 56.6 Å². The zero-order valence-electron chi connectivity index (χ0n) is 15.5. The van der Waals surface area contributed by atoms with Crippen LogP contribution >= 0.6 is 0 Å². The van der Waals surface area contributed by atoms with Crippen molar-refractivity contribution < 1.29 is 53.9 Å². The summed E-state index contributed by atoms with van der Waals surface area (Å²) in [6.45, 7) is 6.07. The molecule has 1 aromatic rings. The molecule has 1 rings (SSSR count). The Morgan fingerprint density at radius 1 is 0.966 bits per heavy atom. The summed E-state index contributed by atoms with van der Waals surface area (Å²) in [6, 6.07) is 4.00. The molecule has 0 aromatic heterocycles. The topological polar surface area (TPSA) is 92.7 Å². The third kappa shape index (κ3) is 4.15. The maximum atomic E-state index is 14.1. The summed E-state index contributed by atoms with van der Waals surface area (Å²) >= 11 is 0. The first kappa shape index (κ1) is 25.0. The van der Waals surface area contributed by atoms with Gasteiger partial charge >= 0.3 is 33.2 Å². The molecule has 166 valence electrons. The quantitative estimate of drug-likeness (QED) is 0.261. The summed E-state index contributed by atoms with van der Waals surface area (Å²) < 4.78 is 110. The molecule has 0 bridgehead atoms. The maximum Gasteiger partial charge on any atom is 0.449 e. The molecule has 1 aromatic carbocycles. The van der Waals surface area contributed by atoms with E-state index >= 15 is 0 Å². The Kier molecular flexibility index (Phi) is 6.91. The largest absolute Gasteiger partial charge is 0.661 e. The van der Waals surface area contributed by atoms with Crippen LogP contribution in [0, 0.1) is 0 Å². The highest BCUT2D eigenvalue weighted by Crippen LogP contribution is 2.50. The maximum absolute atomic E-state index is 14.1. The van der Waals surface area contributed by atoms with Crippen molar-refractivity contribution >= 4 is 16.1 Å². The van der Waals surface area contributed by atoms with Crippen LogP contribution in [0.1, 0.15) is 50.7 Å². The summed E-state index contributed by atoms with van der Waals surface area (Å²) in [7, 11) is -6.78. The van der Waals surface area contributed by atoms with Gasteiger partial charge in [0.2, 0.25) is 0 Å². The molecular formula is C16H17F6O6S-. The van der Waals surface area contributed by atoms with Crippen LogP contribution in [0.4, 0.5) is 26.3 Å². The zero-order valence-corrected chi connectivity index (χ0v) is 16.3. The van der Waals surface area contributed by atoms with Gasteiger partial charge in [-0.25, -0.2) is 4.79 Å². The van der Waals surface area contributed by atoms with Crippen molar-refractivity contribution in [1.29, 1.82) is 0 Å². The highest BCUT2D eigenvalue weighted by Gasteiger charge is 2.81. The zero-order chi connectivity index (χ0) is 23.0. The van der Waals surface area contributed by atoms with Gasteiger partial charge in [-0.3, -0.25) is 0 Å². The number of carbonyl (C=O) groups excluding carboxylic acids is 1. The van der Waals surface area contributed by atoms with Crippen LogP contribution < -0.4 is 9.44 Å². The molecule has 13 heteroatoms. The van der Waals surface area contributed by atoms with Crippen LogP contribution in [0.5, 0.6) is 5.75 Å². The number of halogens is 6. The second-order valence-electron chi connectivity index (χ2n) is 6.65. The van der Waals surface area contributed by atoms with Crippen LogP contribution in [-0.2, 0) is 19.8 Å². The van der Waals surface area contributed by atoms with Gasteiger partial charge in [0.15, 0.2) is 0 Å². The molecule has 29 heavy (non-hydrogen) atoms. The SMILES string of the molecule is CC(C)c1cccc(C(C)C)c1OS(=O)(=O)C(F)(F)C(F)(F)C(F)(F)C(=O)O[O-]. The molecule has 0 amide bonds. The van der Waals surface area contributed by atoms with Crippen LogP contribution in [0.3, 0.4) is 0 Å². The number of para-hydroxylation sites is 1. The average Bonchev–Trinajstić information content (AvgIpc) is 2.59. The fourth-order valence-corrected chi connectivity index (χ4v) is 3.22. The van der Waals surface area contributed by atoms with E-state index in [0.29, 0.717) is 0 Å². The third-order valence-corrected chi connectivity index (χ3v) is 5.19. The predicted molar refractivity (Wildman–Crippen MR) is 85.1 cm³/mol. The molecule has 6 nitrogen and oxygen atoms in total. The monoisotopic (exact) mass is 451 g/mol. The number of hydrogen-bond acceptors (Lipinski definition) is 6. The highest BCUT2D eigenvalue weighted by molar-refractivity contribution is 7.88. The highest BCUT2D eigenvalue weighted by atomic mass is 32.2. The minimum Gasteiger partial charge on any atom is -0.661 e. The molecule has 0 radical (unpaired) electrons. The molecule has 0 aliphatic heterocycles. The van der Waals surface area contributed by atoms with Crippen molar-refractivity contribution in [2.75, 3.05) is 0 Å². The van der Waals surface area contributed by atoms with E-state index in [0.717, 1.165) is 0 Å². The number of hydrogen-bond donors (Lipinski definition) is 0. The Labute approximate surface area is 162 Å². The molecule has 0 saturated carbocycles. The summed E-state index contributed by atoms with van der Waals surface area (Å²) in [5.41, 5.74) is 0.0641. The van der Waals surface area contributed by atoms with E-state index in [-0.39, 0.29) is 11.1 Å². The van der Waals surface area contributed by atoms with Gasteiger partial charge in [0.05, 0.1) is 0 Å². The van der Waals surface area contributed by atoms with Gasteiger partial charge in [-0.1, -0.05) is 45.9 Å². The Morgan fingerprint density at radius 3 is 1.72 bits per heavy atom. The minimum atomic E-state index is -6.86. The van der Waals surface area contributed by atoms with E-state index in [1.165, 1.54) is 45.9 Å². The van der Waals surface area contributed by atoms with Gasteiger partial charge in [-0.05, 0) is 23.0 Å². The fraction of sp³-hybridized carbons (Fsp3) is 0.562. The first-order chi connectivity index (χ1) is 13.0. The van der Waals surface area contributed by atoms with Gasteiger partial charge in [0.25, 0.3) is 0 Å². The Balaban J connectivity index is 3.60. The minimum absolute atomic E-state index is 0.0321. The molecule has 0 heterocycles. The van der Waals surface area contributed by atoms with Crippen molar-refractivity contribution in [1.82, 2.24) is 0 Å². The summed E-state index contributed by atoms with van der Waals surface area (Å²) in [5.74, 6) is -18.7. The van der Waals surface area contributed by atoms with Crippen molar-refractivity contribution in [3.05, 3.63) is 29.3 Å². The summed E-state index contributed by atoms with van der Waals surface area (Å²) in [4.78, 5) is 12.7. The molecule has 0 fully saturated rings. The molecule has 0 atom stereocenters. The van der Waals surface area contributed by atoms with Crippen molar-refractivity contribution in [3.63, 3.8) is 0 Å². The first-order valence-corrected chi connectivity index (χ1v) is 9.41. The third-order valence-electron chi connectivity index (χ3n) is 3.92. The average molecular weight is 451 g/mol. The standard InChI is InChI=1S/C16H18F6O6S/c1-8(2)10-6-5-7-11(9(3)4)12(10)28-29(25,26)16(21,22)15(19,20)14(17,18)13(23)27-24/h5-9,24H,1-4H3/p-1. The van der Waals surface area contributed by atoms with E-state index in [4.69, 9.17) is 0 Å². The molecule has 0 aliphatic carbocycles. The summed E-state index contributed by atoms with van der Waals surface area (Å²) in [5, 5.41) is 3.14. The number of alkyl halides is 6. The van der Waals surface area contributed by atoms with Gasteiger partial charge in [0, 0.05) is 0 Å². The predicted octanol–water partition coefficient (Wildman–Crippen LogP) is 3.32. The van der Waals surface area contributed by atoms with Gasteiger partial charge < -0.3 is 14.3 Å². The molecule has 0 aliphatic rings. The van der Waals surface area contributed by atoms with E-state index in [9.17, 15) is 44.8 Å². The van der Waals surface area contributed by atoms with Gasteiger partial charge in [0.1, 0.15) is 5.75 Å². The summed E-state index contributed by atoms with van der Waals surface area (Å²) in [6.07, 6.45) is 0. The van der Waals surface area contributed by atoms with Gasteiger partial charge in [-0.2, -0.15) is 34.8 Å². The lowest BCUT2D eigenvalue weighted by Crippen LogP contribution is -2.62. The molecule has 0 N–H and O–H groups in total. The van der Waals surface area contributed by atoms with E-state index in [1.54, 1.807) is 0 Å². The van der Waals surface area contributed by atoms with E-state index in [1.807, 2.05) is 0 Å². The number of carbonyl (C=O) groups is 1. The van der Waals surface area contributed by atoms with Gasteiger partial charge in [-0.15, -0.1) is 0 Å². The van der Waals surface area contributed by atoms with Crippen molar-refractivity contribution in [2.24, 2.45) is 0 Å². The van der Waals surface area contributed by atoms with Crippen LogP contribution in [0.25, 0.3) is 0 Å². The number of rotatable bonds is 8.